The minimum absolute atomic E-state index is 0.0921. The number of aryl methyl sites for hydroxylation is 1. The molecule has 1 saturated carbocycles. The van der Waals surface area contributed by atoms with E-state index in [1.165, 1.54) is 62.5 Å². The molecule has 1 aliphatic carbocycles. The second-order valence-corrected chi connectivity index (χ2v) is 8.31. The van der Waals surface area contributed by atoms with Crippen LogP contribution in [0, 0.1) is 29.4 Å². The summed E-state index contributed by atoms with van der Waals surface area (Å²) < 4.78 is 32.7. The number of methoxy groups -OCH3 is 1. The summed E-state index contributed by atoms with van der Waals surface area (Å²) in [4.78, 5) is 0. The van der Waals surface area contributed by atoms with Crippen molar-refractivity contribution in [3.8, 4) is 17.6 Å². The first-order chi connectivity index (χ1) is 14.6. The summed E-state index contributed by atoms with van der Waals surface area (Å²) in [6, 6.07) is 12.1. The highest BCUT2D eigenvalue weighted by Crippen LogP contribution is 2.35. The van der Waals surface area contributed by atoms with Gasteiger partial charge in [-0.3, -0.25) is 0 Å². The van der Waals surface area contributed by atoms with Gasteiger partial charge in [-0.15, -0.1) is 0 Å². The van der Waals surface area contributed by atoms with Crippen LogP contribution in [-0.4, -0.2) is 7.11 Å². The van der Waals surface area contributed by atoms with Crippen LogP contribution in [0.1, 0.15) is 80.9 Å². The highest BCUT2D eigenvalue weighted by molar-refractivity contribution is 5.41. The second kappa shape index (κ2) is 11.2. The lowest BCUT2D eigenvalue weighted by Gasteiger charge is -2.26. The van der Waals surface area contributed by atoms with E-state index < -0.39 is 11.6 Å². The van der Waals surface area contributed by atoms with Gasteiger partial charge in [-0.05, 0) is 67.7 Å². The summed E-state index contributed by atoms with van der Waals surface area (Å²) in [7, 11) is 1.32. The van der Waals surface area contributed by atoms with Crippen molar-refractivity contribution in [2.24, 2.45) is 5.92 Å². The topological polar surface area (TPSA) is 9.23 Å². The molecule has 0 atom stereocenters. The predicted molar refractivity (Wildman–Crippen MR) is 119 cm³/mol. The first kappa shape index (κ1) is 22.3. The van der Waals surface area contributed by atoms with E-state index in [0.29, 0.717) is 5.92 Å². The molecule has 1 nitrogen and oxygen atoms in total. The van der Waals surface area contributed by atoms with Gasteiger partial charge in [-0.2, -0.15) is 4.39 Å². The van der Waals surface area contributed by atoms with Crippen LogP contribution in [0.4, 0.5) is 8.78 Å². The standard InChI is InChI=1S/C27H32F2O/c1-3-4-5-6-7-20-8-13-22(14-9-20)23-15-10-21(11-16-23)12-17-24-18-19-25(30-2)27(29)26(24)28/h8-9,13-14,18-19,21,23H,3-7,10-11,15-16H2,1-2H3. The Balaban J connectivity index is 1.52. The molecule has 3 rings (SSSR count). The van der Waals surface area contributed by atoms with Crippen molar-refractivity contribution in [3.63, 3.8) is 0 Å². The summed E-state index contributed by atoms with van der Waals surface area (Å²) in [5, 5.41) is 0. The Morgan fingerprint density at radius 1 is 0.900 bits per heavy atom. The van der Waals surface area contributed by atoms with Crippen LogP contribution in [-0.2, 0) is 6.42 Å². The highest BCUT2D eigenvalue weighted by Gasteiger charge is 2.21. The van der Waals surface area contributed by atoms with E-state index in [2.05, 4.69) is 43.0 Å². The Bertz CT molecular complexity index is 868. The van der Waals surface area contributed by atoms with Crippen molar-refractivity contribution in [1.29, 1.82) is 0 Å². The van der Waals surface area contributed by atoms with Gasteiger partial charge in [0.2, 0.25) is 5.82 Å². The third kappa shape index (κ3) is 5.85. The van der Waals surface area contributed by atoms with Crippen LogP contribution in [0.3, 0.4) is 0 Å². The van der Waals surface area contributed by atoms with Crippen LogP contribution in [0.25, 0.3) is 0 Å². The van der Waals surface area contributed by atoms with Gasteiger partial charge in [-0.25, -0.2) is 4.39 Å². The number of ether oxygens (including phenoxy) is 1. The largest absolute Gasteiger partial charge is 0.494 e. The Hall–Kier alpha value is -2.34. The van der Waals surface area contributed by atoms with Gasteiger partial charge in [0.1, 0.15) is 0 Å². The molecule has 160 valence electrons. The molecular formula is C27H32F2O. The molecule has 3 heteroatoms. The van der Waals surface area contributed by atoms with Gasteiger partial charge < -0.3 is 4.74 Å². The molecule has 0 unspecified atom stereocenters. The Morgan fingerprint density at radius 3 is 2.30 bits per heavy atom. The number of halogens is 2. The Morgan fingerprint density at radius 2 is 1.63 bits per heavy atom. The number of rotatable bonds is 7. The SMILES string of the molecule is CCCCCCc1ccc(C2CCC(C#Cc3ccc(OC)c(F)c3F)CC2)cc1. The quantitative estimate of drug-likeness (QED) is 0.341. The molecule has 0 saturated heterocycles. The maximum atomic E-state index is 14.1. The number of unbranched alkanes of at least 4 members (excludes halogenated alkanes) is 3. The smallest absolute Gasteiger partial charge is 0.201 e. The normalized spacial score (nSPS) is 18.5. The van der Waals surface area contributed by atoms with Gasteiger partial charge in [0.25, 0.3) is 0 Å². The summed E-state index contributed by atoms with van der Waals surface area (Å²) in [6.45, 7) is 2.24. The molecule has 1 fully saturated rings. The minimum Gasteiger partial charge on any atom is -0.494 e. The van der Waals surface area contributed by atoms with E-state index in [4.69, 9.17) is 4.74 Å². The fraction of sp³-hybridized carbons (Fsp3) is 0.481. The summed E-state index contributed by atoms with van der Waals surface area (Å²) >= 11 is 0. The van der Waals surface area contributed by atoms with Crippen molar-refractivity contribution in [2.75, 3.05) is 7.11 Å². The van der Waals surface area contributed by atoms with Gasteiger partial charge in [-0.1, -0.05) is 62.3 Å². The maximum absolute atomic E-state index is 14.1. The molecule has 0 spiro atoms. The second-order valence-electron chi connectivity index (χ2n) is 8.31. The number of hydrogen-bond acceptors (Lipinski definition) is 1. The fourth-order valence-corrected chi connectivity index (χ4v) is 4.25. The van der Waals surface area contributed by atoms with Crippen LogP contribution in [0.15, 0.2) is 36.4 Å². The Labute approximate surface area is 179 Å². The molecule has 0 aromatic heterocycles. The first-order valence-electron chi connectivity index (χ1n) is 11.2. The zero-order chi connectivity index (χ0) is 21.3. The van der Waals surface area contributed by atoms with Crippen LogP contribution >= 0.6 is 0 Å². The molecular weight excluding hydrogens is 378 g/mol. The molecule has 0 heterocycles. The number of benzene rings is 2. The van der Waals surface area contributed by atoms with Crippen molar-refractivity contribution in [1.82, 2.24) is 0 Å². The van der Waals surface area contributed by atoms with Crippen LogP contribution < -0.4 is 4.74 Å². The third-order valence-corrected chi connectivity index (χ3v) is 6.18. The molecule has 2 aromatic carbocycles. The maximum Gasteiger partial charge on any atom is 0.201 e. The zero-order valence-electron chi connectivity index (χ0n) is 18.1. The molecule has 0 N–H and O–H groups in total. The van der Waals surface area contributed by atoms with Crippen LogP contribution in [0.2, 0.25) is 0 Å². The van der Waals surface area contributed by atoms with Crippen LogP contribution in [0.5, 0.6) is 5.75 Å². The first-order valence-corrected chi connectivity index (χ1v) is 11.2. The predicted octanol–water partition coefficient (Wildman–Crippen LogP) is 7.42. The summed E-state index contributed by atoms with van der Waals surface area (Å²) in [5.74, 6) is 4.83. The average Bonchev–Trinajstić information content (AvgIpc) is 2.79. The van der Waals surface area contributed by atoms with Gasteiger partial charge in [0.15, 0.2) is 11.6 Å². The van der Waals surface area contributed by atoms with Crippen molar-refractivity contribution in [3.05, 3.63) is 64.7 Å². The van der Waals surface area contributed by atoms with E-state index in [1.54, 1.807) is 0 Å². The van der Waals surface area contributed by atoms with Crippen molar-refractivity contribution in [2.45, 2.75) is 70.6 Å². The van der Waals surface area contributed by atoms with E-state index in [1.807, 2.05) is 0 Å². The van der Waals surface area contributed by atoms with E-state index in [0.717, 1.165) is 25.7 Å². The van der Waals surface area contributed by atoms with Gasteiger partial charge in [0, 0.05) is 5.92 Å². The minimum atomic E-state index is -0.971. The number of hydrogen-bond donors (Lipinski definition) is 0. The third-order valence-electron chi connectivity index (χ3n) is 6.18. The molecule has 30 heavy (non-hydrogen) atoms. The molecule has 0 amide bonds. The lowest BCUT2D eigenvalue weighted by Crippen LogP contribution is -2.12. The lowest BCUT2D eigenvalue weighted by atomic mass is 9.78. The molecule has 0 aliphatic heterocycles. The molecule has 0 radical (unpaired) electrons. The highest BCUT2D eigenvalue weighted by atomic mass is 19.2. The lowest BCUT2D eigenvalue weighted by molar-refractivity contribution is 0.371. The molecule has 0 bridgehead atoms. The van der Waals surface area contributed by atoms with Gasteiger partial charge in [0.05, 0.1) is 12.7 Å². The zero-order valence-corrected chi connectivity index (χ0v) is 18.1. The molecule has 2 aromatic rings. The van der Waals surface area contributed by atoms with E-state index in [-0.39, 0.29) is 17.2 Å². The van der Waals surface area contributed by atoms with E-state index in [9.17, 15) is 8.78 Å². The van der Waals surface area contributed by atoms with E-state index >= 15 is 0 Å². The summed E-state index contributed by atoms with van der Waals surface area (Å²) in [5.41, 5.74) is 2.95. The summed E-state index contributed by atoms with van der Waals surface area (Å²) in [6.07, 6.45) is 10.5. The Kier molecular flexibility index (Phi) is 8.31. The van der Waals surface area contributed by atoms with Crippen molar-refractivity contribution < 1.29 is 13.5 Å². The van der Waals surface area contributed by atoms with Crippen molar-refractivity contribution >= 4 is 0 Å². The monoisotopic (exact) mass is 410 g/mol. The van der Waals surface area contributed by atoms with Gasteiger partial charge >= 0.3 is 0 Å². The average molecular weight is 411 g/mol. The fourth-order valence-electron chi connectivity index (χ4n) is 4.25. The molecule has 1 aliphatic rings.